The maximum absolute atomic E-state index is 14.0. The molecule has 1 aromatic carbocycles. The fraction of sp³-hybridized carbons (Fsp3) is 0.667. The average Bonchev–Trinajstić information content (AvgIpc) is 3.20. The molecule has 0 spiro atoms. The lowest BCUT2D eigenvalue weighted by molar-refractivity contribution is -0.141. The van der Waals surface area contributed by atoms with Gasteiger partial charge in [0.1, 0.15) is 12.4 Å². The highest BCUT2D eigenvalue weighted by atomic mass is 32.2. The predicted octanol–water partition coefficient (Wildman–Crippen LogP) is 6.45. The molecule has 6 rings (SSSR count). The zero-order chi connectivity index (χ0) is 23.5. The first-order chi connectivity index (χ1) is 16.6. The highest BCUT2D eigenvalue weighted by molar-refractivity contribution is 7.99. The number of nitrogens with zero attached hydrogens (tertiary/aromatic N) is 3. The van der Waals surface area contributed by atoms with Gasteiger partial charge in [-0.05, 0) is 74.8 Å². The molecule has 0 radical (unpaired) electrons. The number of thioether (sulfide) groups is 1. The molecule has 4 saturated carbocycles. The Morgan fingerprint density at radius 2 is 1.79 bits per heavy atom. The standard InChI is InChI=1S/C27H36FN3O2S/c1-2-3-4-7-10-31-25(17-33-23-9-6-5-8-22(23)28)29-30-26(31)34-18-24(32)27-14-19-11-20(15-27)13-21(12-19)16-27/h5-6,8-9,19-21H,2-4,7,10-18H2,1H3. The summed E-state index contributed by atoms with van der Waals surface area (Å²) in [5.74, 6) is 3.71. The van der Waals surface area contributed by atoms with Gasteiger partial charge in [-0.25, -0.2) is 4.39 Å². The van der Waals surface area contributed by atoms with Crippen LogP contribution in [-0.2, 0) is 17.9 Å². The second-order valence-electron chi connectivity index (χ2n) is 10.7. The molecule has 0 amide bonds. The Morgan fingerprint density at radius 1 is 1.09 bits per heavy atom. The summed E-state index contributed by atoms with van der Waals surface area (Å²) in [7, 11) is 0. The molecule has 4 fully saturated rings. The van der Waals surface area contributed by atoms with E-state index >= 15 is 0 Å². The summed E-state index contributed by atoms with van der Waals surface area (Å²) in [5.41, 5.74) is -0.0789. The van der Waals surface area contributed by atoms with Crippen molar-refractivity contribution in [1.82, 2.24) is 14.8 Å². The zero-order valence-electron chi connectivity index (χ0n) is 20.2. The monoisotopic (exact) mass is 485 g/mol. The van der Waals surface area contributed by atoms with Crippen molar-refractivity contribution in [3.8, 4) is 5.75 Å². The van der Waals surface area contributed by atoms with Gasteiger partial charge in [-0.2, -0.15) is 0 Å². The molecule has 0 saturated heterocycles. The first-order valence-corrected chi connectivity index (χ1v) is 14.0. The molecule has 0 unspecified atom stereocenters. The molecular weight excluding hydrogens is 449 g/mol. The van der Waals surface area contributed by atoms with Crippen LogP contribution < -0.4 is 4.74 Å². The molecule has 1 heterocycles. The van der Waals surface area contributed by atoms with Crippen LogP contribution in [0.4, 0.5) is 4.39 Å². The molecule has 4 aliphatic carbocycles. The molecule has 0 aliphatic heterocycles. The molecule has 2 aromatic rings. The van der Waals surface area contributed by atoms with Gasteiger partial charge in [0.25, 0.3) is 0 Å². The van der Waals surface area contributed by atoms with E-state index in [1.165, 1.54) is 49.9 Å². The lowest BCUT2D eigenvalue weighted by Gasteiger charge is -2.56. The summed E-state index contributed by atoms with van der Waals surface area (Å²) in [6.07, 6.45) is 11.9. The number of carbonyl (C=O) groups excluding carboxylic acids is 1. The largest absolute Gasteiger partial charge is 0.483 e. The van der Waals surface area contributed by atoms with Crippen molar-refractivity contribution in [2.24, 2.45) is 23.2 Å². The Labute approximate surface area is 206 Å². The topological polar surface area (TPSA) is 57.0 Å². The first-order valence-electron chi connectivity index (χ1n) is 13.0. The highest BCUT2D eigenvalue weighted by Gasteiger charge is 2.54. The minimum absolute atomic E-state index is 0.0789. The number of para-hydroxylation sites is 1. The van der Waals surface area contributed by atoms with Crippen LogP contribution in [0.2, 0.25) is 0 Å². The number of rotatable bonds is 12. The number of carbonyl (C=O) groups is 1. The SMILES string of the molecule is CCCCCCn1c(COc2ccccc2F)nnc1SCC(=O)C12CC3CC(CC(C3)C1)C2. The van der Waals surface area contributed by atoms with Crippen molar-refractivity contribution in [3.63, 3.8) is 0 Å². The first kappa shape index (κ1) is 23.8. The summed E-state index contributed by atoms with van der Waals surface area (Å²) < 4.78 is 21.8. The molecule has 0 N–H and O–H groups in total. The van der Waals surface area contributed by atoms with E-state index in [9.17, 15) is 9.18 Å². The van der Waals surface area contributed by atoms with Gasteiger partial charge in [0.15, 0.2) is 22.5 Å². The third-order valence-corrected chi connectivity index (χ3v) is 9.15. The lowest BCUT2D eigenvalue weighted by atomic mass is 9.48. The third kappa shape index (κ3) is 5.05. The molecule has 184 valence electrons. The van der Waals surface area contributed by atoms with Crippen LogP contribution in [0.1, 0.15) is 77.0 Å². The maximum Gasteiger partial charge on any atom is 0.191 e. The van der Waals surface area contributed by atoms with Gasteiger partial charge < -0.3 is 9.30 Å². The van der Waals surface area contributed by atoms with Crippen LogP contribution in [0.5, 0.6) is 5.75 Å². The van der Waals surface area contributed by atoms with Crippen molar-refractivity contribution in [2.45, 2.75) is 89.4 Å². The van der Waals surface area contributed by atoms with Crippen LogP contribution in [0.25, 0.3) is 0 Å². The maximum atomic E-state index is 14.0. The van der Waals surface area contributed by atoms with Crippen molar-refractivity contribution in [2.75, 3.05) is 5.75 Å². The van der Waals surface area contributed by atoms with Gasteiger partial charge >= 0.3 is 0 Å². The number of aromatic nitrogens is 3. The number of benzene rings is 1. The molecule has 4 aliphatic rings. The summed E-state index contributed by atoms with van der Waals surface area (Å²) >= 11 is 1.52. The van der Waals surface area contributed by atoms with E-state index in [1.54, 1.807) is 18.2 Å². The van der Waals surface area contributed by atoms with E-state index in [-0.39, 0.29) is 23.6 Å². The Kier molecular flexibility index (Phi) is 7.28. The van der Waals surface area contributed by atoms with Gasteiger partial charge in [0.2, 0.25) is 0 Å². The minimum atomic E-state index is -0.382. The smallest absolute Gasteiger partial charge is 0.191 e. The van der Waals surface area contributed by atoms with E-state index in [4.69, 9.17) is 4.74 Å². The van der Waals surface area contributed by atoms with E-state index in [2.05, 4.69) is 21.7 Å². The predicted molar refractivity (Wildman–Crippen MR) is 131 cm³/mol. The molecule has 4 bridgehead atoms. The van der Waals surface area contributed by atoms with Gasteiger partial charge in [0, 0.05) is 12.0 Å². The van der Waals surface area contributed by atoms with E-state index in [0.717, 1.165) is 61.6 Å². The van der Waals surface area contributed by atoms with Crippen molar-refractivity contribution < 1.29 is 13.9 Å². The van der Waals surface area contributed by atoms with Crippen LogP contribution in [0, 0.1) is 29.0 Å². The van der Waals surface area contributed by atoms with E-state index in [0.29, 0.717) is 17.4 Å². The van der Waals surface area contributed by atoms with Gasteiger partial charge in [0.05, 0.1) is 5.75 Å². The molecule has 5 nitrogen and oxygen atoms in total. The Morgan fingerprint density at radius 3 is 2.47 bits per heavy atom. The zero-order valence-corrected chi connectivity index (χ0v) is 21.0. The van der Waals surface area contributed by atoms with Crippen LogP contribution >= 0.6 is 11.8 Å². The van der Waals surface area contributed by atoms with Crippen molar-refractivity contribution in [3.05, 3.63) is 35.9 Å². The molecular formula is C27H36FN3O2S. The number of halogens is 1. The molecule has 0 atom stereocenters. The van der Waals surface area contributed by atoms with Crippen LogP contribution in [0.3, 0.4) is 0 Å². The van der Waals surface area contributed by atoms with Gasteiger partial charge in [-0.3, -0.25) is 4.79 Å². The highest BCUT2D eigenvalue weighted by Crippen LogP contribution is 2.60. The number of ketones is 1. The number of ether oxygens (including phenoxy) is 1. The molecule has 34 heavy (non-hydrogen) atoms. The van der Waals surface area contributed by atoms with Crippen molar-refractivity contribution >= 4 is 17.5 Å². The normalized spacial score (nSPS) is 27.3. The summed E-state index contributed by atoms with van der Waals surface area (Å²) in [5, 5.41) is 9.56. The molecule has 1 aromatic heterocycles. The molecule has 7 heteroatoms. The van der Waals surface area contributed by atoms with Gasteiger partial charge in [-0.15, -0.1) is 10.2 Å². The lowest BCUT2D eigenvalue weighted by Crippen LogP contribution is -2.50. The van der Waals surface area contributed by atoms with Crippen LogP contribution in [0.15, 0.2) is 29.4 Å². The Bertz CT molecular complexity index is 972. The Balaban J connectivity index is 1.25. The Hall–Kier alpha value is -1.89. The number of Topliss-reactive ketones (excluding diaryl/α,β-unsaturated/α-hetero) is 1. The average molecular weight is 486 g/mol. The van der Waals surface area contributed by atoms with Crippen LogP contribution in [-0.4, -0.2) is 26.3 Å². The summed E-state index contributed by atoms with van der Waals surface area (Å²) in [4.78, 5) is 13.5. The second-order valence-corrected chi connectivity index (χ2v) is 11.7. The van der Waals surface area contributed by atoms with E-state index < -0.39 is 0 Å². The van der Waals surface area contributed by atoms with E-state index in [1.807, 2.05) is 0 Å². The minimum Gasteiger partial charge on any atom is -0.483 e. The third-order valence-electron chi connectivity index (χ3n) is 8.18. The fourth-order valence-electron chi connectivity index (χ4n) is 6.89. The number of unbranched alkanes of at least 4 members (excludes halogenated alkanes) is 3. The number of hydrogen-bond acceptors (Lipinski definition) is 5. The second kappa shape index (κ2) is 10.4. The summed E-state index contributed by atoms with van der Waals surface area (Å²) in [6, 6.07) is 6.42. The summed E-state index contributed by atoms with van der Waals surface area (Å²) in [6.45, 7) is 3.14. The number of hydrogen-bond donors (Lipinski definition) is 0. The van der Waals surface area contributed by atoms with Crippen molar-refractivity contribution in [1.29, 1.82) is 0 Å². The van der Waals surface area contributed by atoms with Gasteiger partial charge in [-0.1, -0.05) is 50.1 Å². The quantitative estimate of drug-likeness (QED) is 0.255. The fourth-order valence-corrected chi connectivity index (χ4v) is 7.91.